The normalized spacial score (nSPS) is 12.0. The van der Waals surface area contributed by atoms with Crippen molar-refractivity contribution in [2.75, 3.05) is 26.6 Å². The summed E-state index contributed by atoms with van der Waals surface area (Å²) in [4.78, 5) is 0. The van der Waals surface area contributed by atoms with Gasteiger partial charge in [0.15, 0.2) is 0 Å². The van der Waals surface area contributed by atoms with Crippen LogP contribution in [0.5, 0.6) is 0 Å². The Morgan fingerprint density at radius 3 is 2.10 bits per heavy atom. The second-order valence-electron chi connectivity index (χ2n) is 2.72. The van der Waals surface area contributed by atoms with E-state index in [1.807, 2.05) is 0 Å². The number of hydrogen-bond acceptors (Lipinski definition) is 1. The van der Waals surface area contributed by atoms with Gasteiger partial charge in [-0.25, -0.2) is 0 Å². The van der Waals surface area contributed by atoms with Gasteiger partial charge in [0, 0.05) is 12.0 Å². The third-order valence-corrected chi connectivity index (χ3v) is 1.30. The molecule has 0 aromatic carbocycles. The predicted octanol–water partition coefficient (Wildman–Crippen LogP) is 1.97. The highest BCUT2D eigenvalue weighted by Crippen LogP contribution is 2.17. The van der Waals surface area contributed by atoms with Crippen molar-refractivity contribution in [1.29, 1.82) is 0 Å². The molecule has 0 aliphatic rings. The summed E-state index contributed by atoms with van der Waals surface area (Å²) in [5.41, 5.74) is -0.921. The highest BCUT2D eigenvalue weighted by atomic mass is 19.1. The monoisotopic (exact) mass is 152 g/mol. The number of ether oxygens (including phenoxy) is 1. The third kappa shape index (κ3) is 3.11. The van der Waals surface area contributed by atoms with Gasteiger partial charge in [-0.2, -0.15) is 0 Å². The molecule has 0 unspecified atom stereocenters. The van der Waals surface area contributed by atoms with Gasteiger partial charge < -0.3 is 4.74 Å². The Morgan fingerprint density at radius 2 is 1.80 bits per heavy atom. The standard InChI is InChI=1S/C7H14F2O/c1-3-10-6-7(2,4-8)5-9/h3-6H2,1-2H3. The highest BCUT2D eigenvalue weighted by molar-refractivity contribution is 4.71. The van der Waals surface area contributed by atoms with Crippen LogP contribution in [0.4, 0.5) is 8.78 Å². The molecule has 0 aromatic heterocycles. The minimum atomic E-state index is -0.921. The topological polar surface area (TPSA) is 9.23 Å². The molecule has 0 fully saturated rings. The molecular weight excluding hydrogens is 138 g/mol. The van der Waals surface area contributed by atoms with Crippen molar-refractivity contribution in [3.8, 4) is 0 Å². The molecule has 0 N–H and O–H groups in total. The quantitative estimate of drug-likeness (QED) is 0.585. The molecule has 0 atom stereocenters. The van der Waals surface area contributed by atoms with Crippen LogP contribution in [0.1, 0.15) is 13.8 Å². The fourth-order valence-corrected chi connectivity index (χ4v) is 0.461. The van der Waals surface area contributed by atoms with Crippen molar-refractivity contribution < 1.29 is 13.5 Å². The minimum Gasteiger partial charge on any atom is -0.381 e. The molecule has 0 saturated heterocycles. The largest absolute Gasteiger partial charge is 0.381 e. The molecule has 0 bridgehead atoms. The lowest BCUT2D eigenvalue weighted by atomic mass is 9.96. The first-order valence-corrected chi connectivity index (χ1v) is 3.38. The van der Waals surface area contributed by atoms with Gasteiger partial charge in [0.2, 0.25) is 0 Å². The Morgan fingerprint density at radius 1 is 1.30 bits per heavy atom. The SMILES string of the molecule is CCOCC(C)(CF)CF. The fourth-order valence-electron chi connectivity index (χ4n) is 0.461. The van der Waals surface area contributed by atoms with Crippen LogP contribution in [0.3, 0.4) is 0 Å². The molecular formula is C7H14F2O. The molecule has 0 radical (unpaired) electrons. The van der Waals surface area contributed by atoms with Crippen molar-refractivity contribution >= 4 is 0 Å². The van der Waals surface area contributed by atoms with Gasteiger partial charge in [0.05, 0.1) is 20.0 Å². The molecule has 0 rings (SSSR count). The Hall–Kier alpha value is -0.180. The first-order chi connectivity index (χ1) is 4.68. The summed E-state index contributed by atoms with van der Waals surface area (Å²) < 4.78 is 29.0. The lowest BCUT2D eigenvalue weighted by Gasteiger charge is -2.21. The number of rotatable bonds is 5. The van der Waals surface area contributed by atoms with Crippen LogP contribution in [0.2, 0.25) is 0 Å². The van der Waals surface area contributed by atoms with Gasteiger partial charge in [0.1, 0.15) is 0 Å². The molecule has 0 saturated carbocycles. The van der Waals surface area contributed by atoms with Crippen molar-refractivity contribution in [2.24, 2.45) is 5.41 Å². The van der Waals surface area contributed by atoms with E-state index in [4.69, 9.17) is 4.74 Å². The maximum atomic E-state index is 12.0. The molecule has 0 spiro atoms. The van der Waals surface area contributed by atoms with E-state index in [1.54, 1.807) is 6.92 Å². The van der Waals surface area contributed by atoms with Gasteiger partial charge in [-0.1, -0.05) is 6.92 Å². The number of halogens is 2. The van der Waals surface area contributed by atoms with Crippen LogP contribution in [0, 0.1) is 5.41 Å². The minimum absolute atomic E-state index is 0.163. The van der Waals surface area contributed by atoms with Crippen molar-refractivity contribution in [3.63, 3.8) is 0 Å². The maximum absolute atomic E-state index is 12.0. The van der Waals surface area contributed by atoms with Crippen LogP contribution in [0.15, 0.2) is 0 Å². The Bertz CT molecular complexity index is 81.7. The van der Waals surface area contributed by atoms with Crippen LogP contribution in [-0.4, -0.2) is 26.6 Å². The van der Waals surface area contributed by atoms with Gasteiger partial charge >= 0.3 is 0 Å². The first-order valence-electron chi connectivity index (χ1n) is 3.38. The molecule has 0 aliphatic heterocycles. The average molecular weight is 152 g/mol. The van der Waals surface area contributed by atoms with Crippen LogP contribution in [-0.2, 0) is 4.74 Å². The van der Waals surface area contributed by atoms with E-state index < -0.39 is 18.8 Å². The first kappa shape index (κ1) is 9.82. The molecule has 10 heavy (non-hydrogen) atoms. The molecule has 3 heteroatoms. The van der Waals surface area contributed by atoms with Crippen LogP contribution >= 0.6 is 0 Å². The zero-order valence-electron chi connectivity index (χ0n) is 6.49. The van der Waals surface area contributed by atoms with Crippen molar-refractivity contribution in [3.05, 3.63) is 0 Å². The van der Waals surface area contributed by atoms with E-state index in [1.165, 1.54) is 6.92 Å². The average Bonchev–Trinajstić information content (AvgIpc) is 2.00. The van der Waals surface area contributed by atoms with E-state index in [0.717, 1.165) is 0 Å². The van der Waals surface area contributed by atoms with Crippen molar-refractivity contribution in [2.45, 2.75) is 13.8 Å². The number of alkyl halides is 2. The molecule has 0 amide bonds. The second-order valence-corrected chi connectivity index (χ2v) is 2.72. The fraction of sp³-hybridized carbons (Fsp3) is 1.00. The van der Waals surface area contributed by atoms with E-state index in [-0.39, 0.29) is 6.61 Å². The van der Waals surface area contributed by atoms with E-state index in [2.05, 4.69) is 0 Å². The highest BCUT2D eigenvalue weighted by Gasteiger charge is 2.24. The smallest absolute Gasteiger partial charge is 0.0995 e. The zero-order chi connectivity index (χ0) is 8.04. The summed E-state index contributed by atoms with van der Waals surface area (Å²) in [5.74, 6) is 0. The molecule has 1 nitrogen and oxygen atoms in total. The lowest BCUT2D eigenvalue weighted by molar-refractivity contribution is 0.0295. The summed E-state index contributed by atoms with van der Waals surface area (Å²) in [6, 6.07) is 0. The molecule has 0 aliphatic carbocycles. The van der Waals surface area contributed by atoms with Gasteiger partial charge in [-0.15, -0.1) is 0 Å². The zero-order valence-corrected chi connectivity index (χ0v) is 6.49. The van der Waals surface area contributed by atoms with Crippen molar-refractivity contribution in [1.82, 2.24) is 0 Å². The second kappa shape index (κ2) is 4.61. The van der Waals surface area contributed by atoms with Gasteiger partial charge in [0.25, 0.3) is 0 Å². The van der Waals surface area contributed by atoms with Gasteiger partial charge in [-0.3, -0.25) is 8.78 Å². The summed E-state index contributed by atoms with van der Waals surface area (Å²) in [5, 5.41) is 0. The van der Waals surface area contributed by atoms with Crippen LogP contribution < -0.4 is 0 Å². The summed E-state index contributed by atoms with van der Waals surface area (Å²) in [7, 11) is 0. The molecule has 62 valence electrons. The number of hydrogen-bond donors (Lipinski definition) is 0. The molecule has 0 aromatic rings. The Kier molecular flexibility index (Phi) is 4.52. The van der Waals surface area contributed by atoms with E-state index in [0.29, 0.717) is 6.61 Å². The predicted molar refractivity (Wildman–Crippen MR) is 36.5 cm³/mol. The van der Waals surface area contributed by atoms with Crippen LogP contribution in [0.25, 0.3) is 0 Å². The maximum Gasteiger partial charge on any atom is 0.0995 e. The van der Waals surface area contributed by atoms with E-state index >= 15 is 0 Å². The Balaban J connectivity index is 3.58. The third-order valence-electron chi connectivity index (χ3n) is 1.30. The van der Waals surface area contributed by atoms with E-state index in [9.17, 15) is 8.78 Å². The van der Waals surface area contributed by atoms with Gasteiger partial charge in [-0.05, 0) is 6.92 Å². The summed E-state index contributed by atoms with van der Waals surface area (Å²) in [6.07, 6.45) is 0. The molecule has 0 heterocycles. The summed E-state index contributed by atoms with van der Waals surface area (Å²) >= 11 is 0. The summed E-state index contributed by atoms with van der Waals surface area (Å²) in [6.45, 7) is 2.68. The Labute approximate surface area is 60.4 Å². The lowest BCUT2D eigenvalue weighted by Crippen LogP contribution is -2.28.